The van der Waals surface area contributed by atoms with Crippen LogP contribution in [0, 0.1) is 0 Å². The van der Waals surface area contributed by atoms with Crippen LogP contribution in [0.15, 0.2) is 35.5 Å². The lowest BCUT2D eigenvalue weighted by molar-refractivity contribution is -0.129. The van der Waals surface area contributed by atoms with Crippen LogP contribution in [0.25, 0.3) is 0 Å². The van der Waals surface area contributed by atoms with Gasteiger partial charge in [0.15, 0.2) is 0 Å². The number of sulfonamides is 1. The van der Waals surface area contributed by atoms with E-state index in [1.54, 1.807) is 0 Å². The lowest BCUT2D eigenvalue weighted by atomic mass is 9.91. The molecule has 8 nitrogen and oxygen atoms in total. The highest BCUT2D eigenvalue weighted by Crippen LogP contribution is 2.32. The number of carbonyl (C=O) groups is 2. The third-order valence-corrected chi connectivity index (χ3v) is 7.80. The van der Waals surface area contributed by atoms with Gasteiger partial charge in [-0.25, -0.2) is 8.42 Å². The smallest absolute Gasteiger partial charge is 0.266 e. The van der Waals surface area contributed by atoms with Gasteiger partial charge in [0.25, 0.3) is 10.0 Å². The number of halogens is 2. The first-order chi connectivity index (χ1) is 13.7. The average molecular weight is 461 g/mol. The molecule has 0 radical (unpaired) electrons. The lowest BCUT2D eigenvalue weighted by Crippen LogP contribution is -2.52. The molecule has 0 bridgehead atoms. The van der Waals surface area contributed by atoms with E-state index in [0.717, 1.165) is 30.0 Å². The van der Waals surface area contributed by atoms with Gasteiger partial charge in [-0.15, -0.1) is 0 Å². The molecule has 1 atom stereocenters. The zero-order valence-corrected chi connectivity index (χ0v) is 17.8. The van der Waals surface area contributed by atoms with Crippen LogP contribution in [0.3, 0.4) is 0 Å². The molecule has 1 aliphatic heterocycles. The van der Waals surface area contributed by atoms with E-state index in [1.807, 2.05) is 0 Å². The predicted octanol–water partition coefficient (Wildman–Crippen LogP) is 1.73. The summed E-state index contributed by atoms with van der Waals surface area (Å²) in [5, 5.41) is 5.25. The fraction of sp³-hybridized carbons (Fsp3) is 0.444. The second-order valence-electron chi connectivity index (χ2n) is 7.11. The summed E-state index contributed by atoms with van der Waals surface area (Å²) in [6.45, 7) is 0. The fourth-order valence-electron chi connectivity index (χ4n) is 3.46. The number of hydrogen-bond acceptors (Lipinski definition) is 5. The largest absolute Gasteiger partial charge is 0.353 e. The molecule has 2 amide bonds. The molecular weight excluding hydrogens is 439 g/mol. The molecule has 2 aliphatic rings. The molecule has 1 aliphatic carbocycles. The first-order valence-electron chi connectivity index (χ1n) is 9.19. The van der Waals surface area contributed by atoms with Gasteiger partial charge < -0.3 is 16.4 Å². The molecule has 0 saturated heterocycles. The number of nitrogens with zero attached hydrogens (tertiary/aromatic N) is 1. The van der Waals surface area contributed by atoms with E-state index >= 15 is 0 Å². The molecule has 0 spiro atoms. The molecule has 1 aromatic rings. The fourth-order valence-corrected chi connectivity index (χ4v) is 5.65. The summed E-state index contributed by atoms with van der Waals surface area (Å²) in [7, 11) is -4.21. The van der Waals surface area contributed by atoms with Crippen molar-refractivity contribution in [1.29, 1.82) is 0 Å². The number of benzene rings is 1. The number of rotatable bonds is 5. The van der Waals surface area contributed by atoms with Crippen molar-refractivity contribution in [1.82, 2.24) is 14.9 Å². The van der Waals surface area contributed by atoms with Crippen LogP contribution in [0.2, 0.25) is 10.0 Å². The number of amides is 2. The minimum Gasteiger partial charge on any atom is -0.353 e. The quantitative estimate of drug-likeness (QED) is 0.617. The first-order valence-corrected chi connectivity index (χ1v) is 11.4. The summed E-state index contributed by atoms with van der Waals surface area (Å²) in [4.78, 5) is 24.7. The highest BCUT2D eigenvalue weighted by molar-refractivity contribution is 7.89. The highest BCUT2D eigenvalue weighted by atomic mass is 35.5. The average Bonchev–Trinajstić information content (AvgIpc) is 2.67. The third-order valence-electron chi connectivity index (χ3n) is 5.04. The van der Waals surface area contributed by atoms with Crippen molar-refractivity contribution >= 4 is 45.0 Å². The summed E-state index contributed by atoms with van der Waals surface area (Å²) in [6.07, 6.45) is 5.21. The maximum Gasteiger partial charge on any atom is 0.266 e. The molecule has 1 saturated carbocycles. The Bertz CT molecular complexity index is 930. The van der Waals surface area contributed by atoms with E-state index in [4.69, 9.17) is 28.9 Å². The molecule has 0 aromatic heterocycles. The van der Waals surface area contributed by atoms with Gasteiger partial charge in [-0.1, -0.05) is 29.3 Å². The van der Waals surface area contributed by atoms with Crippen LogP contribution >= 0.6 is 23.2 Å². The van der Waals surface area contributed by atoms with Gasteiger partial charge in [0.2, 0.25) is 11.8 Å². The Morgan fingerprint density at radius 2 is 1.93 bits per heavy atom. The molecule has 29 heavy (non-hydrogen) atoms. The zero-order chi connectivity index (χ0) is 21.2. The normalized spacial score (nSPS) is 24.9. The van der Waals surface area contributed by atoms with E-state index in [0.29, 0.717) is 0 Å². The third kappa shape index (κ3) is 4.85. The lowest BCUT2D eigenvalue weighted by Gasteiger charge is -2.32. The minimum atomic E-state index is -4.21. The Labute approximate surface area is 179 Å². The van der Waals surface area contributed by atoms with Crippen molar-refractivity contribution < 1.29 is 18.0 Å². The van der Waals surface area contributed by atoms with E-state index in [9.17, 15) is 18.0 Å². The summed E-state index contributed by atoms with van der Waals surface area (Å²) in [6, 6.07) is 3.07. The van der Waals surface area contributed by atoms with Crippen molar-refractivity contribution in [3.05, 3.63) is 40.6 Å². The summed E-state index contributed by atoms with van der Waals surface area (Å²) in [5.74, 6) is -1.01. The number of hydrogen-bond donors (Lipinski definition) is 3. The molecule has 1 aromatic carbocycles. The van der Waals surface area contributed by atoms with Crippen molar-refractivity contribution in [2.45, 2.75) is 55.1 Å². The molecule has 0 unspecified atom stereocenters. The van der Waals surface area contributed by atoms with Gasteiger partial charge in [-0.2, -0.15) is 0 Å². The SMILES string of the molecule is N[C@H]1CC[C@H](NC(=O)C[C@@H]2C(=O)NC=CN2S(=O)(=O)c2cccc(Cl)c2Cl)CC1. The van der Waals surface area contributed by atoms with Crippen LogP contribution in [-0.2, 0) is 19.6 Å². The molecular formula is C18H22Cl2N4O4S. The highest BCUT2D eigenvalue weighted by Gasteiger charge is 2.38. The Morgan fingerprint density at radius 3 is 2.62 bits per heavy atom. The molecule has 3 rings (SSSR count). The van der Waals surface area contributed by atoms with Crippen LogP contribution in [0.4, 0.5) is 0 Å². The molecule has 4 N–H and O–H groups in total. The van der Waals surface area contributed by atoms with Crippen molar-refractivity contribution in [2.75, 3.05) is 0 Å². The molecule has 1 fully saturated rings. The van der Waals surface area contributed by atoms with E-state index in [-0.39, 0.29) is 33.4 Å². The van der Waals surface area contributed by atoms with Gasteiger partial charge in [-0.05, 0) is 37.8 Å². The Morgan fingerprint density at radius 1 is 1.24 bits per heavy atom. The van der Waals surface area contributed by atoms with Crippen LogP contribution in [-0.4, -0.2) is 42.7 Å². The van der Waals surface area contributed by atoms with Crippen molar-refractivity contribution in [2.24, 2.45) is 5.73 Å². The van der Waals surface area contributed by atoms with E-state index in [2.05, 4.69) is 10.6 Å². The second kappa shape index (κ2) is 8.91. The van der Waals surface area contributed by atoms with Crippen molar-refractivity contribution in [3.8, 4) is 0 Å². The Hall–Kier alpha value is -1.81. The second-order valence-corrected chi connectivity index (χ2v) is 9.71. The zero-order valence-electron chi connectivity index (χ0n) is 15.5. The minimum absolute atomic E-state index is 0.0306. The van der Waals surface area contributed by atoms with E-state index in [1.165, 1.54) is 30.6 Å². The van der Waals surface area contributed by atoms with Gasteiger partial charge >= 0.3 is 0 Å². The van der Waals surface area contributed by atoms with Gasteiger partial charge in [0, 0.05) is 24.5 Å². The molecule has 158 valence electrons. The Balaban J connectivity index is 1.79. The van der Waals surface area contributed by atoms with Gasteiger partial charge in [-0.3, -0.25) is 13.9 Å². The van der Waals surface area contributed by atoms with Gasteiger partial charge in [0.1, 0.15) is 10.9 Å². The predicted molar refractivity (Wildman–Crippen MR) is 110 cm³/mol. The summed E-state index contributed by atoms with van der Waals surface area (Å²) in [5.41, 5.74) is 5.87. The monoisotopic (exact) mass is 460 g/mol. The molecule has 1 heterocycles. The Kier molecular flexibility index (Phi) is 6.72. The van der Waals surface area contributed by atoms with Gasteiger partial charge in [0.05, 0.1) is 16.5 Å². The maximum absolute atomic E-state index is 13.1. The first kappa shape index (κ1) is 21.9. The summed E-state index contributed by atoms with van der Waals surface area (Å²) >= 11 is 12.0. The van der Waals surface area contributed by atoms with Crippen molar-refractivity contribution in [3.63, 3.8) is 0 Å². The molecule has 11 heteroatoms. The summed E-state index contributed by atoms with van der Waals surface area (Å²) < 4.78 is 27.1. The number of carbonyl (C=O) groups excluding carboxylic acids is 2. The van der Waals surface area contributed by atoms with Crippen LogP contribution in [0.1, 0.15) is 32.1 Å². The van der Waals surface area contributed by atoms with Crippen LogP contribution in [0.5, 0.6) is 0 Å². The topological polar surface area (TPSA) is 122 Å². The number of nitrogens with two attached hydrogens (primary N) is 1. The van der Waals surface area contributed by atoms with E-state index < -0.39 is 27.9 Å². The van der Waals surface area contributed by atoms with Crippen LogP contribution < -0.4 is 16.4 Å². The maximum atomic E-state index is 13.1. The standard InChI is InChI=1S/C18H22Cl2N4O4S/c19-13-2-1-3-15(17(13)20)29(27,28)24-9-8-22-18(26)14(24)10-16(25)23-12-6-4-11(21)5-7-12/h1-3,8-9,11-12,14H,4-7,10,21H2,(H,22,26)(H,23,25)/t11-,12-,14-/m1/s1. The number of nitrogens with one attached hydrogen (secondary N) is 2.